The maximum Gasteiger partial charge on any atom is 0.289 e. The molecule has 3 N–H and O–H groups in total. The third-order valence-corrected chi connectivity index (χ3v) is 7.59. The first kappa shape index (κ1) is 19.0. The molecule has 3 heterocycles. The number of ether oxygens (including phenoxy) is 1. The number of nitrogens with zero attached hydrogens (tertiary/aromatic N) is 2. The second-order valence-corrected chi connectivity index (χ2v) is 9.73. The molecule has 2 unspecified atom stereocenters. The molecule has 1 amide bonds. The van der Waals surface area contributed by atoms with Crippen LogP contribution in [0.15, 0.2) is 38.5 Å². The normalized spacial score (nSPS) is 30.3. The average Bonchev–Trinajstić information content (AvgIpc) is 3.30. The summed E-state index contributed by atoms with van der Waals surface area (Å²) in [5.41, 5.74) is 7.36. The number of nitrogens with one attached hydrogen (secondary N) is 1. The van der Waals surface area contributed by atoms with Crippen LogP contribution in [0.25, 0.3) is 0 Å². The summed E-state index contributed by atoms with van der Waals surface area (Å²) in [6, 6.07) is 6.11. The minimum absolute atomic E-state index is 0.0180. The maximum absolute atomic E-state index is 12.6. The summed E-state index contributed by atoms with van der Waals surface area (Å²) >= 11 is 5.17. The Kier molecular flexibility index (Phi) is 4.62. The van der Waals surface area contributed by atoms with Gasteiger partial charge in [-0.15, -0.1) is 0 Å². The number of aliphatic imine (C=N–C) groups is 1. The number of halogens is 1. The topological polar surface area (TPSA) is 103 Å². The number of benzene rings is 1. The van der Waals surface area contributed by atoms with E-state index in [1.54, 1.807) is 18.7 Å². The van der Waals surface area contributed by atoms with Crippen molar-refractivity contribution in [2.45, 2.75) is 43.9 Å². The van der Waals surface area contributed by atoms with Gasteiger partial charge in [0.2, 0.25) is 5.76 Å². The number of amides is 1. The Morgan fingerprint density at radius 3 is 3.00 bits per heavy atom. The van der Waals surface area contributed by atoms with Gasteiger partial charge in [-0.2, -0.15) is 0 Å². The minimum atomic E-state index is -0.428. The van der Waals surface area contributed by atoms with Gasteiger partial charge in [0, 0.05) is 27.7 Å². The maximum atomic E-state index is 12.6. The van der Waals surface area contributed by atoms with Crippen molar-refractivity contribution < 1.29 is 13.9 Å². The molecule has 1 aliphatic carbocycles. The predicted octanol–water partition coefficient (Wildman–Crippen LogP) is 3.36. The van der Waals surface area contributed by atoms with Crippen LogP contribution in [0.2, 0.25) is 0 Å². The number of hydrogen-bond donors (Lipinski definition) is 2. The van der Waals surface area contributed by atoms with Crippen LogP contribution in [0, 0.1) is 12.8 Å². The van der Waals surface area contributed by atoms with Gasteiger partial charge < -0.3 is 20.2 Å². The molecule has 0 radical (unpaired) electrons. The number of rotatable bonds is 2. The van der Waals surface area contributed by atoms with Crippen LogP contribution >= 0.6 is 27.7 Å². The van der Waals surface area contributed by atoms with Crippen molar-refractivity contribution >= 4 is 38.8 Å². The largest absolute Gasteiger partial charge is 0.490 e. The van der Waals surface area contributed by atoms with Gasteiger partial charge in [-0.1, -0.05) is 27.7 Å². The van der Waals surface area contributed by atoms with Crippen molar-refractivity contribution in [2.24, 2.45) is 16.6 Å². The summed E-state index contributed by atoms with van der Waals surface area (Å²) in [5, 5.41) is 3.74. The molecular weight excluding hydrogens is 456 g/mol. The second kappa shape index (κ2) is 7.05. The van der Waals surface area contributed by atoms with Crippen LogP contribution in [0.4, 0.5) is 0 Å². The molecule has 2 aromatic rings. The summed E-state index contributed by atoms with van der Waals surface area (Å²) in [6.07, 6.45) is 3.82. The van der Waals surface area contributed by atoms with Gasteiger partial charge in [0.25, 0.3) is 5.91 Å². The zero-order valence-corrected chi connectivity index (χ0v) is 18.3. The zero-order valence-electron chi connectivity index (χ0n) is 15.9. The SMILES string of the molecule is Cc1ncoc1C(=O)NC1CC[C@@H]2Oc3ccc(Br)cc3C3(CSC(N)=N3)[C@H]2C1. The smallest absolute Gasteiger partial charge is 0.289 e. The first-order chi connectivity index (χ1) is 14.0. The average molecular weight is 477 g/mol. The summed E-state index contributed by atoms with van der Waals surface area (Å²) in [7, 11) is 0. The van der Waals surface area contributed by atoms with E-state index in [0.717, 1.165) is 40.8 Å². The summed E-state index contributed by atoms with van der Waals surface area (Å²) in [5.74, 6) is 1.85. The molecule has 2 aliphatic heterocycles. The lowest BCUT2D eigenvalue weighted by atomic mass is 9.67. The molecule has 1 aromatic carbocycles. The molecule has 0 bridgehead atoms. The number of fused-ring (bicyclic) bond motifs is 4. The highest BCUT2D eigenvalue weighted by molar-refractivity contribution is 9.10. The van der Waals surface area contributed by atoms with Gasteiger partial charge in [-0.3, -0.25) is 4.79 Å². The van der Waals surface area contributed by atoms with E-state index in [1.165, 1.54) is 6.39 Å². The molecule has 1 aromatic heterocycles. The third-order valence-electron chi connectivity index (χ3n) is 6.12. The second-order valence-electron chi connectivity index (χ2n) is 7.82. The summed E-state index contributed by atoms with van der Waals surface area (Å²) < 4.78 is 12.6. The van der Waals surface area contributed by atoms with Gasteiger partial charge in [0.1, 0.15) is 17.4 Å². The molecule has 0 saturated heterocycles. The highest BCUT2D eigenvalue weighted by Crippen LogP contribution is 2.54. The van der Waals surface area contributed by atoms with Gasteiger partial charge >= 0.3 is 0 Å². The molecule has 1 saturated carbocycles. The van der Waals surface area contributed by atoms with E-state index in [4.69, 9.17) is 19.9 Å². The first-order valence-electron chi connectivity index (χ1n) is 9.62. The van der Waals surface area contributed by atoms with Crippen LogP contribution in [0.5, 0.6) is 5.75 Å². The minimum Gasteiger partial charge on any atom is -0.490 e. The number of amidine groups is 1. The van der Waals surface area contributed by atoms with E-state index >= 15 is 0 Å². The van der Waals surface area contributed by atoms with E-state index in [-0.39, 0.29) is 29.7 Å². The van der Waals surface area contributed by atoms with Crippen molar-refractivity contribution in [3.05, 3.63) is 46.1 Å². The molecule has 5 rings (SSSR count). The summed E-state index contributed by atoms with van der Waals surface area (Å²) in [6.45, 7) is 1.77. The number of aryl methyl sites for hydroxylation is 1. The van der Waals surface area contributed by atoms with Gasteiger partial charge in [0.05, 0.1) is 5.69 Å². The van der Waals surface area contributed by atoms with Gasteiger partial charge in [-0.25, -0.2) is 9.98 Å². The number of thioether (sulfide) groups is 1. The fraction of sp³-hybridized carbons (Fsp3) is 0.450. The highest BCUT2D eigenvalue weighted by atomic mass is 79.9. The Morgan fingerprint density at radius 1 is 1.41 bits per heavy atom. The predicted molar refractivity (Wildman–Crippen MR) is 114 cm³/mol. The molecule has 152 valence electrons. The number of nitrogens with two attached hydrogens (primary N) is 1. The van der Waals surface area contributed by atoms with Crippen LogP contribution in [-0.4, -0.2) is 34.0 Å². The van der Waals surface area contributed by atoms with E-state index in [0.29, 0.717) is 10.9 Å². The first-order valence-corrected chi connectivity index (χ1v) is 11.4. The zero-order chi connectivity index (χ0) is 20.2. The Hall–Kier alpha value is -2.00. The van der Waals surface area contributed by atoms with Crippen molar-refractivity contribution in [3.8, 4) is 5.75 Å². The van der Waals surface area contributed by atoms with E-state index in [9.17, 15) is 4.79 Å². The van der Waals surface area contributed by atoms with Crippen molar-refractivity contribution in [3.63, 3.8) is 0 Å². The Labute approximate surface area is 181 Å². The van der Waals surface area contributed by atoms with E-state index < -0.39 is 5.54 Å². The molecule has 4 atom stereocenters. The Bertz CT molecular complexity index is 1010. The molecule has 1 spiro atoms. The fourth-order valence-electron chi connectivity index (χ4n) is 4.77. The van der Waals surface area contributed by atoms with Gasteiger partial charge in [0.15, 0.2) is 11.6 Å². The monoisotopic (exact) mass is 476 g/mol. The Morgan fingerprint density at radius 2 is 2.28 bits per heavy atom. The molecule has 1 fully saturated rings. The number of hydrogen-bond acceptors (Lipinski definition) is 7. The van der Waals surface area contributed by atoms with Crippen LogP contribution in [0.1, 0.15) is 41.1 Å². The number of oxazole rings is 1. The van der Waals surface area contributed by atoms with Crippen LogP contribution < -0.4 is 15.8 Å². The number of aromatic nitrogens is 1. The third kappa shape index (κ3) is 3.15. The number of carbonyl (C=O) groups is 1. The molecule has 3 aliphatic rings. The van der Waals surface area contributed by atoms with Crippen LogP contribution in [-0.2, 0) is 5.54 Å². The van der Waals surface area contributed by atoms with Crippen molar-refractivity contribution in [2.75, 3.05) is 5.75 Å². The van der Waals surface area contributed by atoms with E-state index in [2.05, 4.69) is 32.3 Å². The van der Waals surface area contributed by atoms with Gasteiger partial charge in [-0.05, 0) is 44.4 Å². The molecule has 7 nitrogen and oxygen atoms in total. The summed E-state index contributed by atoms with van der Waals surface area (Å²) in [4.78, 5) is 21.6. The lowest BCUT2D eigenvalue weighted by Gasteiger charge is -2.48. The lowest BCUT2D eigenvalue weighted by Crippen LogP contribution is -2.54. The van der Waals surface area contributed by atoms with Crippen molar-refractivity contribution in [1.29, 1.82) is 0 Å². The quantitative estimate of drug-likeness (QED) is 0.688. The standard InChI is InChI=1S/C20H21BrN4O3S/c1-10-17(27-9-23-10)18(26)24-12-3-5-16-14(7-12)20(8-29-19(22)25-20)13-6-11(21)2-4-15(13)28-16/h2,4,6,9,12,14,16H,3,5,7-8H2,1H3,(H2,22,25)(H,24,26)/t12?,14-,16-,20?/m0/s1. The van der Waals surface area contributed by atoms with Crippen LogP contribution in [0.3, 0.4) is 0 Å². The molecular formula is C20H21BrN4O3S. The lowest BCUT2D eigenvalue weighted by molar-refractivity contribution is 0.0153. The molecule has 29 heavy (non-hydrogen) atoms. The van der Waals surface area contributed by atoms with E-state index in [1.807, 2.05) is 12.1 Å². The number of carbonyl (C=O) groups excluding carboxylic acids is 1. The highest BCUT2D eigenvalue weighted by Gasteiger charge is 2.54. The Balaban J connectivity index is 1.45. The molecule has 9 heteroatoms. The fourth-order valence-corrected chi connectivity index (χ4v) is 6.16. The van der Waals surface area contributed by atoms with Crippen molar-refractivity contribution in [1.82, 2.24) is 10.3 Å².